The van der Waals surface area contributed by atoms with Gasteiger partial charge in [-0.1, -0.05) is 18.2 Å². The Labute approximate surface area is 144 Å². The Balaban J connectivity index is 2.41. The number of aromatic nitrogens is 2. The van der Waals surface area contributed by atoms with Crippen LogP contribution in [0.1, 0.15) is 11.1 Å². The maximum atomic E-state index is 13.1. The molecule has 6 heteroatoms. The largest absolute Gasteiger partial charge is 0.493 e. The van der Waals surface area contributed by atoms with Crippen molar-refractivity contribution in [3.05, 3.63) is 57.1 Å². The van der Waals surface area contributed by atoms with Gasteiger partial charge in [-0.3, -0.25) is 9.36 Å². The van der Waals surface area contributed by atoms with Crippen LogP contribution in [0.3, 0.4) is 0 Å². The van der Waals surface area contributed by atoms with Crippen LogP contribution in [-0.4, -0.2) is 23.8 Å². The number of aryl methyl sites for hydroxylation is 2. The molecule has 0 fully saturated rings. The van der Waals surface area contributed by atoms with Crippen LogP contribution in [0.15, 0.2) is 35.1 Å². The van der Waals surface area contributed by atoms with E-state index < -0.39 is 0 Å². The lowest BCUT2D eigenvalue weighted by atomic mass is 10.1. The molecule has 2 aromatic carbocycles. The topological polar surface area (TPSA) is 53.4 Å². The maximum absolute atomic E-state index is 13.1. The van der Waals surface area contributed by atoms with Crippen LogP contribution >= 0.6 is 11.6 Å². The van der Waals surface area contributed by atoms with E-state index >= 15 is 0 Å². The Morgan fingerprint density at radius 3 is 2.21 bits per heavy atom. The molecule has 0 aliphatic heterocycles. The number of hydrogen-bond donors (Lipinski definition) is 0. The third-order valence-electron chi connectivity index (χ3n) is 4.00. The average molecular weight is 345 g/mol. The highest BCUT2D eigenvalue weighted by atomic mass is 35.5. The van der Waals surface area contributed by atoms with E-state index in [1.807, 2.05) is 32.0 Å². The Kier molecular flexibility index (Phi) is 4.20. The monoisotopic (exact) mass is 344 g/mol. The van der Waals surface area contributed by atoms with Gasteiger partial charge in [0.2, 0.25) is 5.28 Å². The zero-order valence-corrected chi connectivity index (χ0v) is 14.6. The first kappa shape index (κ1) is 16.3. The lowest BCUT2D eigenvalue weighted by Gasteiger charge is -2.15. The van der Waals surface area contributed by atoms with Gasteiger partial charge >= 0.3 is 0 Å². The normalized spacial score (nSPS) is 10.9. The molecule has 0 atom stereocenters. The highest BCUT2D eigenvalue weighted by Crippen LogP contribution is 2.31. The van der Waals surface area contributed by atoms with Crippen molar-refractivity contribution in [2.24, 2.45) is 0 Å². The van der Waals surface area contributed by atoms with Crippen molar-refractivity contribution in [2.75, 3.05) is 14.2 Å². The standard InChI is InChI=1S/C18H17ClN2O3/c1-10-6-5-7-11(2)16(10)21-17(22)12-8-14(23-3)15(24-4)9-13(12)20-18(21)19/h5-9H,1-4H3. The molecule has 124 valence electrons. The van der Waals surface area contributed by atoms with Crippen molar-refractivity contribution in [3.63, 3.8) is 0 Å². The first-order valence-corrected chi connectivity index (χ1v) is 7.76. The van der Waals surface area contributed by atoms with Gasteiger partial charge in [-0.25, -0.2) is 4.98 Å². The van der Waals surface area contributed by atoms with Crippen LogP contribution in [0.2, 0.25) is 5.28 Å². The quantitative estimate of drug-likeness (QED) is 0.680. The fourth-order valence-electron chi connectivity index (χ4n) is 2.84. The number of fused-ring (bicyclic) bond motifs is 1. The van der Waals surface area contributed by atoms with Crippen LogP contribution < -0.4 is 15.0 Å². The lowest BCUT2D eigenvalue weighted by molar-refractivity contribution is 0.355. The molecule has 0 saturated heterocycles. The minimum atomic E-state index is -0.247. The molecule has 1 aromatic heterocycles. The van der Waals surface area contributed by atoms with Gasteiger partial charge in [0.05, 0.1) is 30.8 Å². The summed E-state index contributed by atoms with van der Waals surface area (Å²) in [6.45, 7) is 3.87. The molecule has 3 aromatic rings. The van der Waals surface area contributed by atoms with Crippen molar-refractivity contribution < 1.29 is 9.47 Å². The van der Waals surface area contributed by atoms with E-state index in [-0.39, 0.29) is 10.8 Å². The van der Waals surface area contributed by atoms with Crippen LogP contribution in [0.25, 0.3) is 16.6 Å². The minimum absolute atomic E-state index is 0.108. The molecule has 0 amide bonds. The minimum Gasteiger partial charge on any atom is -0.493 e. The van der Waals surface area contributed by atoms with Gasteiger partial charge in [0, 0.05) is 6.07 Å². The van der Waals surface area contributed by atoms with E-state index in [0.29, 0.717) is 22.4 Å². The van der Waals surface area contributed by atoms with E-state index in [2.05, 4.69) is 4.98 Å². The van der Waals surface area contributed by atoms with Crippen molar-refractivity contribution in [2.45, 2.75) is 13.8 Å². The van der Waals surface area contributed by atoms with Crippen LogP contribution in [-0.2, 0) is 0 Å². The summed E-state index contributed by atoms with van der Waals surface area (Å²) in [7, 11) is 3.06. The molecule has 3 rings (SSSR count). The number of methoxy groups -OCH3 is 2. The lowest BCUT2D eigenvalue weighted by Crippen LogP contribution is -2.22. The van der Waals surface area contributed by atoms with Crippen LogP contribution in [0.5, 0.6) is 11.5 Å². The molecule has 5 nitrogen and oxygen atoms in total. The van der Waals surface area contributed by atoms with Gasteiger partial charge in [-0.15, -0.1) is 0 Å². The van der Waals surface area contributed by atoms with Crippen molar-refractivity contribution in [1.82, 2.24) is 9.55 Å². The summed E-state index contributed by atoms with van der Waals surface area (Å²) in [6, 6.07) is 9.09. The number of halogens is 1. The second kappa shape index (κ2) is 6.17. The molecule has 1 heterocycles. The van der Waals surface area contributed by atoms with Crippen molar-refractivity contribution >= 4 is 22.5 Å². The number of nitrogens with zero attached hydrogens (tertiary/aromatic N) is 2. The molecule has 0 radical (unpaired) electrons. The molecule has 0 aliphatic carbocycles. The zero-order chi connectivity index (χ0) is 17.4. The number of benzene rings is 2. The Hall–Kier alpha value is -2.53. The zero-order valence-electron chi connectivity index (χ0n) is 13.9. The van der Waals surface area contributed by atoms with Gasteiger partial charge in [0.15, 0.2) is 11.5 Å². The molecule has 0 bridgehead atoms. The highest BCUT2D eigenvalue weighted by molar-refractivity contribution is 6.29. The summed E-state index contributed by atoms with van der Waals surface area (Å²) < 4.78 is 12.0. The van der Waals surface area contributed by atoms with E-state index in [4.69, 9.17) is 21.1 Å². The van der Waals surface area contributed by atoms with Gasteiger partial charge in [0.25, 0.3) is 5.56 Å². The molecule has 0 unspecified atom stereocenters. The number of para-hydroxylation sites is 1. The number of rotatable bonds is 3. The number of hydrogen-bond acceptors (Lipinski definition) is 4. The SMILES string of the molecule is COc1cc2nc(Cl)n(-c3c(C)cccc3C)c(=O)c2cc1OC. The Bertz CT molecular complexity index is 975. The molecule has 0 spiro atoms. The summed E-state index contributed by atoms with van der Waals surface area (Å²) in [5, 5.41) is 0.525. The van der Waals surface area contributed by atoms with Gasteiger partial charge < -0.3 is 9.47 Å². The molecule has 0 aliphatic rings. The molecule has 0 saturated carbocycles. The summed E-state index contributed by atoms with van der Waals surface area (Å²) >= 11 is 6.34. The third kappa shape index (κ3) is 2.51. The van der Waals surface area contributed by atoms with Crippen molar-refractivity contribution in [1.29, 1.82) is 0 Å². The van der Waals surface area contributed by atoms with E-state index in [0.717, 1.165) is 16.8 Å². The second-order valence-corrected chi connectivity index (χ2v) is 5.82. The third-order valence-corrected chi connectivity index (χ3v) is 4.25. The summed E-state index contributed by atoms with van der Waals surface area (Å²) in [6.07, 6.45) is 0. The molecule has 0 N–H and O–H groups in total. The smallest absolute Gasteiger partial charge is 0.267 e. The molecular weight excluding hydrogens is 328 g/mol. The number of ether oxygens (including phenoxy) is 2. The maximum Gasteiger partial charge on any atom is 0.267 e. The van der Waals surface area contributed by atoms with E-state index in [9.17, 15) is 4.79 Å². The summed E-state index contributed by atoms with van der Waals surface area (Å²) in [4.78, 5) is 17.4. The van der Waals surface area contributed by atoms with Gasteiger partial charge in [-0.2, -0.15) is 0 Å². The highest BCUT2D eigenvalue weighted by Gasteiger charge is 2.17. The summed E-state index contributed by atoms with van der Waals surface area (Å²) in [5.74, 6) is 0.970. The van der Waals surface area contributed by atoms with E-state index in [1.165, 1.54) is 18.8 Å². The van der Waals surface area contributed by atoms with Crippen molar-refractivity contribution in [3.8, 4) is 17.2 Å². The van der Waals surface area contributed by atoms with Gasteiger partial charge in [-0.05, 0) is 42.6 Å². The molecule has 24 heavy (non-hydrogen) atoms. The predicted molar refractivity (Wildman–Crippen MR) is 94.9 cm³/mol. The Morgan fingerprint density at radius 1 is 1.04 bits per heavy atom. The predicted octanol–water partition coefficient (Wildman–Crippen LogP) is 3.67. The fraction of sp³-hybridized carbons (Fsp3) is 0.222. The second-order valence-electron chi connectivity index (χ2n) is 5.49. The first-order chi connectivity index (χ1) is 11.5. The van der Waals surface area contributed by atoms with Crippen LogP contribution in [0, 0.1) is 13.8 Å². The average Bonchev–Trinajstić information content (AvgIpc) is 2.56. The van der Waals surface area contributed by atoms with Crippen LogP contribution in [0.4, 0.5) is 0 Å². The van der Waals surface area contributed by atoms with E-state index in [1.54, 1.807) is 12.1 Å². The summed E-state index contributed by atoms with van der Waals surface area (Å²) in [5.41, 5.74) is 2.85. The molecular formula is C18H17ClN2O3. The Morgan fingerprint density at radius 2 is 1.62 bits per heavy atom. The van der Waals surface area contributed by atoms with Gasteiger partial charge in [0.1, 0.15) is 0 Å². The first-order valence-electron chi connectivity index (χ1n) is 7.38. The fourth-order valence-corrected chi connectivity index (χ4v) is 3.09.